The van der Waals surface area contributed by atoms with Gasteiger partial charge in [-0.05, 0) is 6.92 Å². The minimum absolute atomic E-state index is 0.476. The van der Waals surface area contributed by atoms with Crippen molar-refractivity contribution in [2.45, 2.75) is 25.4 Å². The number of carbonyl (C=O) groups excluding carboxylic acids is 1. The van der Waals surface area contributed by atoms with Crippen LogP contribution < -0.4 is 0 Å². The summed E-state index contributed by atoms with van der Waals surface area (Å²) < 4.78 is 37.3. The van der Waals surface area contributed by atoms with Crippen LogP contribution in [0.4, 0.5) is 13.2 Å². The smallest absolute Gasteiger partial charge is 0.293 e. The molecule has 6 heteroatoms. The van der Waals surface area contributed by atoms with Crippen LogP contribution in [0, 0.1) is 0 Å². The van der Waals surface area contributed by atoms with Gasteiger partial charge in [-0.1, -0.05) is 23.8 Å². The van der Waals surface area contributed by atoms with E-state index in [-0.39, 0.29) is 0 Å². The lowest BCUT2D eigenvalue weighted by molar-refractivity contribution is -0.155. The van der Waals surface area contributed by atoms with Crippen LogP contribution in [0.5, 0.6) is 0 Å². The maximum atomic E-state index is 13.0. The molecule has 0 radical (unpaired) electrons. The van der Waals surface area contributed by atoms with E-state index in [1.165, 1.54) is 0 Å². The van der Waals surface area contributed by atoms with E-state index >= 15 is 0 Å². The molecular weight excluding hydrogens is 213 g/mol. The molecule has 0 aliphatic heterocycles. The number of hydrogen-bond donors (Lipinski definition) is 0. The van der Waals surface area contributed by atoms with Gasteiger partial charge in [0.2, 0.25) is 11.5 Å². The van der Waals surface area contributed by atoms with E-state index < -0.39 is 21.7 Å². The van der Waals surface area contributed by atoms with E-state index in [0.29, 0.717) is 13.8 Å². The van der Waals surface area contributed by atoms with Crippen molar-refractivity contribution in [3.63, 3.8) is 0 Å². The van der Waals surface area contributed by atoms with E-state index in [9.17, 15) is 18.0 Å². The van der Waals surface area contributed by atoms with E-state index in [1.807, 2.05) is 0 Å². The SMILES string of the molecule is CC(=O)C(F)(F)C(C)(F)C(=S)Cl. The van der Waals surface area contributed by atoms with Crippen LogP contribution in [0.3, 0.4) is 0 Å². The monoisotopic (exact) mass is 218 g/mol. The second kappa shape index (κ2) is 3.30. The van der Waals surface area contributed by atoms with Crippen molar-refractivity contribution in [1.82, 2.24) is 0 Å². The van der Waals surface area contributed by atoms with Gasteiger partial charge in [-0.25, -0.2) is 4.39 Å². The van der Waals surface area contributed by atoms with E-state index in [0.717, 1.165) is 0 Å². The van der Waals surface area contributed by atoms with Crippen LogP contribution in [0.2, 0.25) is 0 Å². The summed E-state index contributed by atoms with van der Waals surface area (Å²) in [6.45, 7) is 1.05. The Kier molecular flexibility index (Phi) is 3.25. The Morgan fingerprint density at radius 2 is 1.75 bits per heavy atom. The van der Waals surface area contributed by atoms with Crippen molar-refractivity contribution in [1.29, 1.82) is 0 Å². The normalized spacial score (nSPS) is 16.8. The summed E-state index contributed by atoms with van der Waals surface area (Å²) in [5, 5.41) is 0. The Morgan fingerprint density at radius 3 is 1.83 bits per heavy atom. The number of thiocarbonyl (C=S) groups is 1. The van der Waals surface area contributed by atoms with Gasteiger partial charge < -0.3 is 0 Å². The van der Waals surface area contributed by atoms with Crippen molar-refractivity contribution in [2.75, 3.05) is 0 Å². The van der Waals surface area contributed by atoms with Crippen LogP contribution in [0.1, 0.15) is 13.8 Å². The molecule has 0 aromatic carbocycles. The van der Waals surface area contributed by atoms with E-state index in [1.54, 1.807) is 0 Å². The third kappa shape index (κ3) is 1.77. The number of hydrogen-bond acceptors (Lipinski definition) is 2. The second-order valence-electron chi connectivity index (χ2n) is 2.41. The Bertz CT molecular complexity index is 203. The molecule has 1 atom stereocenters. The molecule has 0 aromatic heterocycles. The van der Waals surface area contributed by atoms with Gasteiger partial charge >= 0.3 is 5.92 Å². The predicted molar refractivity (Wildman–Crippen MR) is 43.6 cm³/mol. The maximum Gasteiger partial charge on any atom is 0.343 e. The molecule has 0 bridgehead atoms. The van der Waals surface area contributed by atoms with Crippen molar-refractivity contribution in [3.8, 4) is 0 Å². The molecule has 0 rings (SSSR count). The van der Waals surface area contributed by atoms with Crippen molar-refractivity contribution in [3.05, 3.63) is 0 Å². The summed E-state index contributed by atoms with van der Waals surface area (Å²) in [4.78, 5) is 10.3. The molecular formula is C6H6ClF3OS. The highest BCUT2D eigenvalue weighted by atomic mass is 35.5. The third-order valence-electron chi connectivity index (χ3n) is 1.40. The Balaban J connectivity index is 5.01. The summed E-state index contributed by atoms with van der Waals surface area (Å²) in [5.41, 5.74) is -3.27. The Hall–Kier alpha value is -0.160. The van der Waals surface area contributed by atoms with Crippen LogP contribution in [0.25, 0.3) is 0 Å². The fourth-order valence-corrected chi connectivity index (χ4v) is 0.701. The largest absolute Gasteiger partial charge is 0.343 e. The highest BCUT2D eigenvalue weighted by Gasteiger charge is 2.57. The van der Waals surface area contributed by atoms with Gasteiger partial charge in [-0.2, -0.15) is 8.78 Å². The van der Waals surface area contributed by atoms with Crippen molar-refractivity contribution >= 4 is 33.9 Å². The molecule has 0 spiro atoms. The summed E-state index contributed by atoms with van der Waals surface area (Å²) in [5.74, 6) is -5.76. The molecule has 0 aliphatic rings. The maximum absolute atomic E-state index is 13.0. The molecule has 0 saturated carbocycles. The number of halogens is 4. The lowest BCUT2D eigenvalue weighted by atomic mass is 9.99. The van der Waals surface area contributed by atoms with Crippen LogP contribution in [-0.2, 0) is 4.79 Å². The molecule has 1 unspecified atom stereocenters. The van der Waals surface area contributed by atoms with Crippen LogP contribution in [-0.4, -0.2) is 21.7 Å². The van der Waals surface area contributed by atoms with Gasteiger partial charge in [0.05, 0.1) is 0 Å². The number of rotatable bonds is 3. The van der Waals surface area contributed by atoms with E-state index in [4.69, 9.17) is 11.6 Å². The quantitative estimate of drug-likeness (QED) is 0.535. The Labute approximate surface area is 77.9 Å². The van der Waals surface area contributed by atoms with Crippen molar-refractivity contribution in [2.24, 2.45) is 0 Å². The number of Topliss-reactive ketones (excluding diaryl/α,β-unsaturated/α-hetero) is 1. The minimum atomic E-state index is -4.16. The zero-order chi connectivity index (χ0) is 10.2. The molecule has 12 heavy (non-hydrogen) atoms. The fourth-order valence-electron chi connectivity index (χ4n) is 0.454. The predicted octanol–water partition coefficient (Wildman–Crippen LogP) is 2.51. The molecule has 1 nitrogen and oxygen atoms in total. The average Bonchev–Trinajstić information content (AvgIpc) is 1.86. The van der Waals surface area contributed by atoms with E-state index in [2.05, 4.69) is 12.2 Å². The lowest BCUT2D eigenvalue weighted by Crippen LogP contribution is -2.50. The minimum Gasteiger partial charge on any atom is -0.293 e. The standard InChI is InChI=1S/C6H6ClF3OS/c1-3(11)6(9,10)5(2,8)4(7)12/h1-2H3. The van der Waals surface area contributed by atoms with Gasteiger partial charge in [0.15, 0.2) is 0 Å². The first-order valence-electron chi connectivity index (χ1n) is 2.91. The van der Waals surface area contributed by atoms with Gasteiger partial charge in [-0.15, -0.1) is 0 Å². The van der Waals surface area contributed by atoms with Gasteiger partial charge in [0, 0.05) is 6.92 Å². The highest BCUT2D eigenvalue weighted by Crippen LogP contribution is 2.35. The second-order valence-corrected chi connectivity index (χ2v) is 3.42. The molecule has 0 aromatic rings. The van der Waals surface area contributed by atoms with Gasteiger partial charge in [-0.3, -0.25) is 4.79 Å². The topological polar surface area (TPSA) is 17.1 Å². The molecule has 0 amide bonds. The van der Waals surface area contributed by atoms with Crippen LogP contribution in [0.15, 0.2) is 0 Å². The summed E-state index contributed by atoms with van der Waals surface area (Å²) in [6, 6.07) is 0. The summed E-state index contributed by atoms with van der Waals surface area (Å²) >= 11 is 8.98. The van der Waals surface area contributed by atoms with Gasteiger partial charge in [0.25, 0.3) is 0 Å². The third-order valence-corrected chi connectivity index (χ3v) is 2.14. The lowest BCUT2D eigenvalue weighted by Gasteiger charge is -2.25. The first-order valence-corrected chi connectivity index (χ1v) is 3.70. The number of alkyl halides is 3. The molecule has 0 saturated heterocycles. The first kappa shape index (κ1) is 11.8. The van der Waals surface area contributed by atoms with Gasteiger partial charge in [0.1, 0.15) is 4.32 Å². The van der Waals surface area contributed by atoms with Crippen molar-refractivity contribution < 1.29 is 18.0 Å². The molecule has 0 N–H and O–H groups in total. The first-order chi connectivity index (χ1) is 5.14. The zero-order valence-corrected chi connectivity index (χ0v) is 7.90. The average molecular weight is 219 g/mol. The summed E-state index contributed by atoms with van der Waals surface area (Å²) in [6.07, 6.45) is 0. The Morgan fingerprint density at radius 1 is 1.42 bits per heavy atom. The summed E-state index contributed by atoms with van der Waals surface area (Å²) in [7, 11) is 0. The number of ketones is 1. The highest BCUT2D eigenvalue weighted by molar-refractivity contribution is 7.83. The molecule has 0 aliphatic carbocycles. The molecule has 0 heterocycles. The fraction of sp³-hybridized carbons (Fsp3) is 0.667. The molecule has 0 fully saturated rings. The zero-order valence-electron chi connectivity index (χ0n) is 6.33. The molecule has 70 valence electrons. The van der Waals surface area contributed by atoms with Crippen LogP contribution >= 0.6 is 23.8 Å². The number of carbonyl (C=O) groups is 1.